The molecule has 1 fully saturated rings. The molecule has 0 radical (unpaired) electrons. The predicted octanol–water partition coefficient (Wildman–Crippen LogP) is 2.52. The van der Waals surface area contributed by atoms with Crippen LogP contribution in [0.25, 0.3) is 0 Å². The van der Waals surface area contributed by atoms with Crippen LogP contribution in [-0.2, 0) is 4.79 Å². The lowest BCUT2D eigenvalue weighted by atomic mass is 10.2. The van der Waals surface area contributed by atoms with Crippen molar-refractivity contribution in [3.8, 4) is 0 Å². The number of rotatable bonds is 4. The van der Waals surface area contributed by atoms with Crippen LogP contribution >= 0.6 is 11.6 Å². The Morgan fingerprint density at radius 1 is 1.15 bits per heavy atom. The summed E-state index contributed by atoms with van der Waals surface area (Å²) in [5.41, 5.74) is 0.778. The summed E-state index contributed by atoms with van der Waals surface area (Å²) in [5.74, 6) is -0.365. The average Bonchev–Trinajstić information content (AvgIpc) is 2.90. The monoisotopic (exact) mass is 295 g/mol. The number of urea groups is 1. The Morgan fingerprint density at radius 2 is 1.80 bits per heavy atom. The first-order valence-corrected chi connectivity index (χ1v) is 7.11. The number of anilines is 1. The van der Waals surface area contributed by atoms with Crippen LogP contribution in [0.3, 0.4) is 0 Å². The van der Waals surface area contributed by atoms with Crippen molar-refractivity contribution in [2.24, 2.45) is 0 Å². The molecule has 0 bridgehead atoms. The highest BCUT2D eigenvalue weighted by Gasteiger charge is 2.17. The smallest absolute Gasteiger partial charge is 0.321 e. The van der Waals surface area contributed by atoms with Crippen molar-refractivity contribution < 1.29 is 9.59 Å². The summed E-state index contributed by atoms with van der Waals surface area (Å²) in [5, 5.41) is 8.67. The van der Waals surface area contributed by atoms with Gasteiger partial charge in [-0.25, -0.2) is 4.79 Å². The molecule has 1 aromatic rings. The molecule has 3 amide bonds. The minimum Gasteiger partial charge on any atom is -0.376 e. The van der Waals surface area contributed by atoms with E-state index in [1.165, 1.54) is 0 Å². The molecule has 2 rings (SSSR count). The van der Waals surface area contributed by atoms with E-state index in [0.717, 1.165) is 31.4 Å². The van der Waals surface area contributed by atoms with Gasteiger partial charge in [-0.15, -0.1) is 0 Å². The molecule has 0 saturated heterocycles. The molecule has 1 aromatic carbocycles. The zero-order valence-electron chi connectivity index (χ0n) is 11.1. The zero-order chi connectivity index (χ0) is 14.4. The highest BCUT2D eigenvalue weighted by Crippen LogP contribution is 2.17. The number of carbonyl (C=O) groups is 2. The lowest BCUT2D eigenvalue weighted by Gasteiger charge is -2.12. The Hall–Kier alpha value is -1.75. The number of hydrogen-bond acceptors (Lipinski definition) is 3. The predicted molar refractivity (Wildman–Crippen MR) is 78.9 cm³/mol. The second-order valence-electron chi connectivity index (χ2n) is 4.86. The van der Waals surface area contributed by atoms with Gasteiger partial charge in [0.05, 0.1) is 6.54 Å². The number of benzene rings is 1. The number of imide groups is 1. The summed E-state index contributed by atoms with van der Waals surface area (Å²) in [6, 6.07) is 6.79. The first-order valence-electron chi connectivity index (χ1n) is 6.73. The average molecular weight is 296 g/mol. The van der Waals surface area contributed by atoms with E-state index in [2.05, 4.69) is 16.0 Å². The fourth-order valence-electron chi connectivity index (χ4n) is 2.21. The lowest BCUT2D eigenvalue weighted by molar-refractivity contribution is -0.118. The maximum absolute atomic E-state index is 11.6. The van der Waals surface area contributed by atoms with Crippen LogP contribution in [0.2, 0.25) is 5.02 Å². The fraction of sp³-hybridized carbons (Fsp3) is 0.429. The first kappa shape index (κ1) is 14.7. The molecule has 1 aliphatic carbocycles. The number of amides is 3. The van der Waals surface area contributed by atoms with E-state index in [1.54, 1.807) is 24.3 Å². The number of halogens is 1. The summed E-state index contributed by atoms with van der Waals surface area (Å²) in [6.07, 6.45) is 4.25. The van der Waals surface area contributed by atoms with Crippen LogP contribution in [0.15, 0.2) is 24.3 Å². The van der Waals surface area contributed by atoms with Crippen LogP contribution < -0.4 is 16.0 Å². The van der Waals surface area contributed by atoms with E-state index < -0.39 is 6.03 Å². The van der Waals surface area contributed by atoms with E-state index in [9.17, 15) is 9.59 Å². The van der Waals surface area contributed by atoms with Crippen molar-refractivity contribution in [3.63, 3.8) is 0 Å². The van der Waals surface area contributed by atoms with Gasteiger partial charge in [0.1, 0.15) is 0 Å². The molecule has 20 heavy (non-hydrogen) atoms. The molecular weight excluding hydrogens is 278 g/mol. The molecule has 1 aliphatic rings. The SMILES string of the molecule is O=C(CNc1ccc(Cl)cc1)NC(=O)NC1CCCC1. The van der Waals surface area contributed by atoms with Gasteiger partial charge in [0, 0.05) is 16.8 Å². The Labute approximate surface area is 123 Å². The van der Waals surface area contributed by atoms with Crippen LogP contribution in [0.5, 0.6) is 0 Å². The molecule has 5 nitrogen and oxygen atoms in total. The maximum Gasteiger partial charge on any atom is 0.321 e. The molecule has 108 valence electrons. The summed E-state index contributed by atoms with van der Waals surface area (Å²) in [7, 11) is 0. The van der Waals surface area contributed by atoms with Gasteiger partial charge in [0.2, 0.25) is 5.91 Å². The summed E-state index contributed by atoms with van der Waals surface area (Å²) in [6.45, 7) is 0.0414. The fourth-order valence-corrected chi connectivity index (χ4v) is 2.34. The Morgan fingerprint density at radius 3 is 2.45 bits per heavy atom. The Balaban J connectivity index is 1.69. The van der Waals surface area contributed by atoms with Gasteiger partial charge < -0.3 is 10.6 Å². The van der Waals surface area contributed by atoms with Gasteiger partial charge in [-0.3, -0.25) is 10.1 Å². The molecule has 0 heterocycles. The molecule has 0 atom stereocenters. The highest BCUT2D eigenvalue weighted by molar-refractivity contribution is 6.30. The van der Waals surface area contributed by atoms with Crippen LogP contribution in [0.4, 0.5) is 10.5 Å². The third-order valence-corrected chi connectivity index (χ3v) is 3.49. The quantitative estimate of drug-likeness (QED) is 0.799. The molecule has 0 aliphatic heterocycles. The molecule has 3 N–H and O–H groups in total. The van der Waals surface area contributed by atoms with E-state index in [-0.39, 0.29) is 18.5 Å². The molecule has 0 unspecified atom stereocenters. The summed E-state index contributed by atoms with van der Waals surface area (Å²) in [4.78, 5) is 23.2. The third-order valence-electron chi connectivity index (χ3n) is 3.24. The summed E-state index contributed by atoms with van der Waals surface area (Å²) >= 11 is 5.76. The van der Waals surface area contributed by atoms with Crippen molar-refractivity contribution >= 4 is 29.2 Å². The van der Waals surface area contributed by atoms with Crippen molar-refractivity contribution in [2.45, 2.75) is 31.7 Å². The standard InChI is InChI=1S/C14H18ClN3O2/c15-10-5-7-11(8-6-10)16-9-13(19)18-14(20)17-12-3-1-2-4-12/h5-8,12,16H,1-4,9H2,(H2,17,18,19,20). The second-order valence-corrected chi connectivity index (χ2v) is 5.30. The molecule has 0 spiro atoms. The van der Waals surface area contributed by atoms with Gasteiger partial charge in [-0.2, -0.15) is 0 Å². The van der Waals surface area contributed by atoms with Gasteiger partial charge in [0.15, 0.2) is 0 Å². The Bertz CT molecular complexity index is 470. The lowest BCUT2D eigenvalue weighted by Crippen LogP contribution is -2.45. The second kappa shape index (κ2) is 7.14. The van der Waals surface area contributed by atoms with Crippen molar-refractivity contribution in [2.75, 3.05) is 11.9 Å². The van der Waals surface area contributed by atoms with Gasteiger partial charge >= 0.3 is 6.03 Å². The van der Waals surface area contributed by atoms with Gasteiger partial charge in [0.25, 0.3) is 0 Å². The van der Waals surface area contributed by atoms with Crippen molar-refractivity contribution in [1.29, 1.82) is 0 Å². The van der Waals surface area contributed by atoms with Gasteiger partial charge in [-0.05, 0) is 37.1 Å². The molecular formula is C14H18ClN3O2. The van der Waals surface area contributed by atoms with E-state index in [4.69, 9.17) is 11.6 Å². The topological polar surface area (TPSA) is 70.2 Å². The van der Waals surface area contributed by atoms with Crippen molar-refractivity contribution in [1.82, 2.24) is 10.6 Å². The van der Waals surface area contributed by atoms with Crippen molar-refractivity contribution in [3.05, 3.63) is 29.3 Å². The highest BCUT2D eigenvalue weighted by atomic mass is 35.5. The Kier molecular flexibility index (Phi) is 5.24. The number of nitrogens with one attached hydrogen (secondary N) is 3. The molecule has 1 saturated carbocycles. The van der Waals surface area contributed by atoms with E-state index >= 15 is 0 Å². The minimum absolute atomic E-state index is 0.0414. The largest absolute Gasteiger partial charge is 0.376 e. The van der Waals surface area contributed by atoms with Crippen LogP contribution in [-0.4, -0.2) is 24.5 Å². The normalized spacial score (nSPS) is 14.8. The minimum atomic E-state index is -0.417. The van der Waals surface area contributed by atoms with Crippen LogP contribution in [0, 0.1) is 0 Å². The van der Waals surface area contributed by atoms with E-state index in [1.807, 2.05) is 0 Å². The van der Waals surface area contributed by atoms with Crippen LogP contribution in [0.1, 0.15) is 25.7 Å². The molecule has 0 aromatic heterocycles. The van der Waals surface area contributed by atoms with E-state index in [0.29, 0.717) is 5.02 Å². The third kappa shape index (κ3) is 4.74. The first-order chi connectivity index (χ1) is 9.63. The number of hydrogen-bond donors (Lipinski definition) is 3. The maximum atomic E-state index is 11.6. The number of carbonyl (C=O) groups excluding carboxylic acids is 2. The van der Waals surface area contributed by atoms with Gasteiger partial charge in [-0.1, -0.05) is 24.4 Å². The zero-order valence-corrected chi connectivity index (χ0v) is 11.9. The molecule has 6 heteroatoms. The summed E-state index contributed by atoms with van der Waals surface area (Å²) < 4.78 is 0.